The van der Waals surface area contributed by atoms with Crippen molar-refractivity contribution in [3.63, 3.8) is 0 Å². The Kier molecular flexibility index (Phi) is 3.79. The van der Waals surface area contributed by atoms with Gasteiger partial charge >= 0.3 is 0 Å². The first-order valence-corrected chi connectivity index (χ1v) is 5.99. The van der Waals surface area contributed by atoms with Gasteiger partial charge in [-0.25, -0.2) is 0 Å². The standard InChI is InChI=1S/C11H23N3/c1-13-6-3-7-14(9-8-13)10-11-4-2-5-12-11/h11-12H,2-10H2,1H3/t11-/m0/s1. The summed E-state index contributed by atoms with van der Waals surface area (Å²) in [7, 11) is 2.23. The average molecular weight is 197 g/mol. The van der Waals surface area contributed by atoms with Crippen molar-refractivity contribution in [2.45, 2.75) is 25.3 Å². The van der Waals surface area contributed by atoms with E-state index >= 15 is 0 Å². The Hall–Kier alpha value is -0.120. The molecule has 0 amide bonds. The quantitative estimate of drug-likeness (QED) is 0.690. The van der Waals surface area contributed by atoms with Crippen LogP contribution in [0.5, 0.6) is 0 Å². The maximum absolute atomic E-state index is 3.58. The molecule has 0 aromatic heterocycles. The largest absolute Gasteiger partial charge is 0.313 e. The molecule has 0 unspecified atom stereocenters. The molecule has 0 aromatic carbocycles. The van der Waals surface area contributed by atoms with Crippen LogP contribution in [0.3, 0.4) is 0 Å². The van der Waals surface area contributed by atoms with E-state index < -0.39 is 0 Å². The van der Waals surface area contributed by atoms with Gasteiger partial charge in [0.05, 0.1) is 0 Å². The average Bonchev–Trinajstić information content (AvgIpc) is 2.58. The molecule has 3 heteroatoms. The summed E-state index contributed by atoms with van der Waals surface area (Å²) in [5.74, 6) is 0. The van der Waals surface area contributed by atoms with Gasteiger partial charge in [0.15, 0.2) is 0 Å². The molecule has 0 bridgehead atoms. The SMILES string of the molecule is CN1CCCN(C[C@@H]2CCCN2)CC1. The Balaban J connectivity index is 1.73. The van der Waals surface area contributed by atoms with Crippen LogP contribution in [-0.4, -0.2) is 62.2 Å². The maximum Gasteiger partial charge on any atom is 0.0195 e. The van der Waals surface area contributed by atoms with E-state index in [4.69, 9.17) is 0 Å². The summed E-state index contributed by atoms with van der Waals surface area (Å²) < 4.78 is 0. The molecular weight excluding hydrogens is 174 g/mol. The van der Waals surface area contributed by atoms with Gasteiger partial charge in [-0.05, 0) is 45.9 Å². The molecule has 0 radical (unpaired) electrons. The van der Waals surface area contributed by atoms with Gasteiger partial charge in [-0.1, -0.05) is 0 Å². The summed E-state index contributed by atoms with van der Waals surface area (Å²) in [5, 5.41) is 3.58. The van der Waals surface area contributed by atoms with E-state index in [0.717, 1.165) is 6.04 Å². The van der Waals surface area contributed by atoms with Crippen LogP contribution in [0, 0.1) is 0 Å². The van der Waals surface area contributed by atoms with Crippen LogP contribution >= 0.6 is 0 Å². The van der Waals surface area contributed by atoms with Crippen molar-refractivity contribution < 1.29 is 0 Å². The fourth-order valence-electron chi connectivity index (χ4n) is 2.51. The Bertz CT molecular complexity index is 166. The van der Waals surface area contributed by atoms with Gasteiger partial charge in [0.2, 0.25) is 0 Å². The van der Waals surface area contributed by atoms with Crippen LogP contribution in [0.15, 0.2) is 0 Å². The topological polar surface area (TPSA) is 18.5 Å². The predicted octanol–water partition coefficient (Wildman–Crippen LogP) is 0.376. The van der Waals surface area contributed by atoms with Crippen LogP contribution < -0.4 is 5.32 Å². The van der Waals surface area contributed by atoms with Crippen LogP contribution in [0.4, 0.5) is 0 Å². The fraction of sp³-hybridized carbons (Fsp3) is 1.00. The molecule has 2 rings (SSSR count). The molecule has 2 fully saturated rings. The molecule has 2 saturated heterocycles. The minimum atomic E-state index is 0.776. The third-order valence-electron chi connectivity index (χ3n) is 3.45. The smallest absolute Gasteiger partial charge is 0.0195 e. The molecule has 1 N–H and O–H groups in total. The molecule has 2 heterocycles. The molecule has 14 heavy (non-hydrogen) atoms. The second-order valence-electron chi connectivity index (χ2n) is 4.75. The Labute approximate surface area is 87.4 Å². The minimum Gasteiger partial charge on any atom is -0.313 e. The van der Waals surface area contributed by atoms with Crippen LogP contribution in [0.25, 0.3) is 0 Å². The first-order chi connectivity index (χ1) is 6.84. The van der Waals surface area contributed by atoms with E-state index in [1.807, 2.05) is 0 Å². The molecule has 2 aliphatic heterocycles. The third-order valence-corrected chi connectivity index (χ3v) is 3.45. The number of rotatable bonds is 2. The van der Waals surface area contributed by atoms with Gasteiger partial charge < -0.3 is 15.1 Å². The van der Waals surface area contributed by atoms with Crippen molar-refractivity contribution in [2.75, 3.05) is 46.3 Å². The Morgan fingerprint density at radius 1 is 1.14 bits per heavy atom. The van der Waals surface area contributed by atoms with Crippen molar-refractivity contribution in [3.8, 4) is 0 Å². The van der Waals surface area contributed by atoms with E-state index in [9.17, 15) is 0 Å². The van der Waals surface area contributed by atoms with Gasteiger partial charge in [-0.2, -0.15) is 0 Å². The molecule has 82 valence electrons. The molecule has 0 aromatic rings. The monoisotopic (exact) mass is 197 g/mol. The lowest BCUT2D eigenvalue weighted by Gasteiger charge is -2.23. The summed E-state index contributed by atoms with van der Waals surface area (Å²) in [6.45, 7) is 7.57. The molecule has 0 spiro atoms. The predicted molar refractivity (Wildman–Crippen MR) is 59.6 cm³/mol. The molecular formula is C11H23N3. The molecule has 3 nitrogen and oxygen atoms in total. The lowest BCUT2D eigenvalue weighted by molar-refractivity contribution is 0.254. The van der Waals surface area contributed by atoms with E-state index in [-0.39, 0.29) is 0 Å². The highest BCUT2D eigenvalue weighted by molar-refractivity contribution is 4.79. The number of nitrogens with one attached hydrogen (secondary N) is 1. The van der Waals surface area contributed by atoms with E-state index in [0.29, 0.717) is 0 Å². The lowest BCUT2D eigenvalue weighted by Crippen LogP contribution is -2.39. The maximum atomic E-state index is 3.58. The molecule has 0 saturated carbocycles. The summed E-state index contributed by atoms with van der Waals surface area (Å²) in [5.41, 5.74) is 0. The zero-order valence-corrected chi connectivity index (χ0v) is 9.34. The normalized spacial score (nSPS) is 31.9. The first-order valence-electron chi connectivity index (χ1n) is 5.99. The first kappa shape index (κ1) is 10.4. The summed E-state index contributed by atoms with van der Waals surface area (Å²) >= 11 is 0. The van der Waals surface area contributed by atoms with Crippen LogP contribution in [0.1, 0.15) is 19.3 Å². The summed E-state index contributed by atoms with van der Waals surface area (Å²) in [6.07, 6.45) is 4.09. The highest BCUT2D eigenvalue weighted by Gasteiger charge is 2.19. The van der Waals surface area contributed by atoms with Gasteiger partial charge in [-0.3, -0.25) is 0 Å². The second-order valence-corrected chi connectivity index (χ2v) is 4.75. The van der Waals surface area contributed by atoms with Crippen molar-refractivity contribution in [2.24, 2.45) is 0 Å². The number of hydrogen-bond donors (Lipinski definition) is 1. The molecule has 1 atom stereocenters. The lowest BCUT2D eigenvalue weighted by atomic mass is 10.2. The molecule has 2 aliphatic rings. The highest BCUT2D eigenvalue weighted by atomic mass is 15.2. The van der Waals surface area contributed by atoms with E-state index in [2.05, 4.69) is 22.2 Å². The zero-order chi connectivity index (χ0) is 9.80. The van der Waals surface area contributed by atoms with Crippen molar-refractivity contribution in [3.05, 3.63) is 0 Å². The summed E-state index contributed by atoms with van der Waals surface area (Å²) in [6, 6.07) is 0.776. The van der Waals surface area contributed by atoms with Crippen molar-refractivity contribution >= 4 is 0 Å². The van der Waals surface area contributed by atoms with Crippen molar-refractivity contribution in [1.82, 2.24) is 15.1 Å². The number of nitrogens with zero attached hydrogens (tertiary/aromatic N) is 2. The third kappa shape index (κ3) is 2.94. The Morgan fingerprint density at radius 3 is 2.86 bits per heavy atom. The van der Waals surface area contributed by atoms with Gasteiger partial charge in [-0.15, -0.1) is 0 Å². The number of likely N-dealkylation sites (N-methyl/N-ethyl adjacent to an activating group) is 1. The van der Waals surface area contributed by atoms with Gasteiger partial charge in [0, 0.05) is 25.7 Å². The van der Waals surface area contributed by atoms with Gasteiger partial charge in [0.25, 0.3) is 0 Å². The van der Waals surface area contributed by atoms with Crippen molar-refractivity contribution in [1.29, 1.82) is 0 Å². The van der Waals surface area contributed by atoms with E-state index in [1.165, 1.54) is 58.5 Å². The van der Waals surface area contributed by atoms with E-state index in [1.54, 1.807) is 0 Å². The minimum absolute atomic E-state index is 0.776. The Morgan fingerprint density at radius 2 is 2.07 bits per heavy atom. The van der Waals surface area contributed by atoms with Crippen LogP contribution in [0.2, 0.25) is 0 Å². The van der Waals surface area contributed by atoms with Gasteiger partial charge in [0.1, 0.15) is 0 Å². The zero-order valence-electron chi connectivity index (χ0n) is 9.34. The highest BCUT2D eigenvalue weighted by Crippen LogP contribution is 2.08. The summed E-state index contributed by atoms with van der Waals surface area (Å²) in [4.78, 5) is 5.08. The number of hydrogen-bond acceptors (Lipinski definition) is 3. The molecule has 0 aliphatic carbocycles. The fourth-order valence-corrected chi connectivity index (χ4v) is 2.51. The van der Waals surface area contributed by atoms with Crippen LogP contribution in [-0.2, 0) is 0 Å². The second kappa shape index (κ2) is 5.10.